The lowest BCUT2D eigenvalue weighted by Crippen LogP contribution is -2.56. The Morgan fingerprint density at radius 2 is 1.86 bits per heavy atom. The van der Waals surface area contributed by atoms with E-state index in [0.29, 0.717) is 5.92 Å². The molecule has 1 aromatic carbocycles. The van der Waals surface area contributed by atoms with Gasteiger partial charge in [0.15, 0.2) is 5.96 Å². The van der Waals surface area contributed by atoms with Crippen LogP contribution in [0.2, 0.25) is 0 Å². The molecule has 0 aliphatic carbocycles. The molecule has 2 unspecified atom stereocenters. The van der Waals surface area contributed by atoms with Gasteiger partial charge in [-0.15, -0.1) is 24.0 Å². The number of halogens is 1. The number of benzene rings is 1. The number of guanidine groups is 1. The van der Waals surface area contributed by atoms with E-state index >= 15 is 0 Å². The van der Waals surface area contributed by atoms with Crippen molar-refractivity contribution in [1.82, 2.24) is 15.5 Å². The van der Waals surface area contributed by atoms with Crippen LogP contribution in [-0.2, 0) is 9.47 Å². The highest BCUT2D eigenvalue weighted by molar-refractivity contribution is 14.0. The molecule has 1 aromatic rings. The minimum atomic E-state index is 0. The molecule has 3 rings (SSSR count). The predicted molar refractivity (Wildman–Crippen MR) is 129 cm³/mol. The Hall–Kier alpha value is -0.900. The summed E-state index contributed by atoms with van der Waals surface area (Å²) in [4.78, 5) is 6.91. The molecule has 2 fully saturated rings. The lowest BCUT2D eigenvalue weighted by Gasteiger charge is -2.41. The van der Waals surface area contributed by atoms with E-state index in [1.807, 2.05) is 7.05 Å². The molecular formula is C22H37IN4O2. The monoisotopic (exact) mass is 516 g/mol. The van der Waals surface area contributed by atoms with Gasteiger partial charge in [-0.05, 0) is 32.3 Å². The van der Waals surface area contributed by atoms with Crippen LogP contribution in [0.4, 0.5) is 0 Å². The second-order valence-electron chi connectivity index (χ2n) is 8.32. The zero-order chi connectivity index (χ0) is 19.8. The Morgan fingerprint density at radius 3 is 2.55 bits per heavy atom. The molecule has 0 spiro atoms. The fourth-order valence-electron chi connectivity index (χ4n) is 4.09. The molecule has 0 amide bonds. The fraction of sp³-hybridized carbons (Fsp3) is 0.682. The highest BCUT2D eigenvalue weighted by Gasteiger charge is 2.29. The van der Waals surface area contributed by atoms with Crippen molar-refractivity contribution in [3.05, 3.63) is 35.9 Å². The van der Waals surface area contributed by atoms with Gasteiger partial charge in [0.1, 0.15) is 0 Å². The van der Waals surface area contributed by atoms with E-state index in [-0.39, 0.29) is 35.6 Å². The molecule has 0 bridgehead atoms. The molecule has 0 radical (unpaired) electrons. The van der Waals surface area contributed by atoms with Crippen molar-refractivity contribution in [3.8, 4) is 0 Å². The Kier molecular flexibility index (Phi) is 10.1. The van der Waals surface area contributed by atoms with Crippen LogP contribution in [0.25, 0.3) is 0 Å². The molecule has 2 N–H and O–H groups in total. The van der Waals surface area contributed by atoms with Gasteiger partial charge in [0.05, 0.1) is 19.3 Å². The largest absolute Gasteiger partial charge is 0.379 e. The number of hydrogen-bond donors (Lipinski definition) is 2. The summed E-state index contributed by atoms with van der Waals surface area (Å²) in [5.74, 6) is 1.31. The highest BCUT2D eigenvalue weighted by Crippen LogP contribution is 2.33. The van der Waals surface area contributed by atoms with Crippen molar-refractivity contribution in [2.75, 3.05) is 53.0 Å². The van der Waals surface area contributed by atoms with E-state index < -0.39 is 0 Å². The first-order valence-electron chi connectivity index (χ1n) is 10.5. The molecule has 164 valence electrons. The molecule has 2 aliphatic heterocycles. The lowest BCUT2D eigenvalue weighted by atomic mass is 9.89. The Labute approximate surface area is 192 Å². The minimum absolute atomic E-state index is 0. The van der Waals surface area contributed by atoms with Crippen molar-refractivity contribution < 1.29 is 9.47 Å². The molecule has 2 atom stereocenters. The highest BCUT2D eigenvalue weighted by atomic mass is 127. The van der Waals surface area contributed by atoms with Crippen LogP contribution >= 0.6 is 24.0 Å². The first-order chi connectivity index (χ1) is 13.6. The fourth-order valence-corrected chi connectivity index (χ4v) is 4.09. The maximum Gasteiger partial charge on any atom is 0.191 e. The van der Waals surface area contributed by atoms with Gasteiger partial charge in [-0.2, -0.15) is 0 Å². The van der Waals surface area contributed by atoms with Gasteiger partial charge < -0.3 is 20.1 Å². The summed E-state index contributed by atoms with van der Waals surface area (Å²) >= 11 is 0. The third-order valence-electron chi connectivity index (χ3n) is 5.88. The van der Waals surface area contributed by atoms with E-state index in [0.717, 1.165) is 58.4 Å². The SMILES string of the molecule is CN=C(NCC1CCCOC1c1ccccc1)NCC(C)(C)N1CCOCC1.I. The van der Waals surface area contributed by atoms with Gasteiger partial charge in [0.25, 0.3) is 0 Å². The second-order valence-corrected chi connectivity index (χ2v) is 8.32. The Morgan fingerprint density at radius 1 is 1.14 bits per heavy atom. The summed E-state index contributed by atoms with van der Waals surface area (Å²) in [6.07, 6.45) is 2.44. The number of nitrogens with one attached hydrogen (secondary N) is 2. The Balaban J connectivity index is 0.00000300. The van der Waals surface area contributed by atoms with Crippen LogP contribution in [0.3, 0.4) is 0 Å². The molecule has 29 heavy (non-hydrogen) atoms. The van der Waals surface area contributed by atoms with Crippen LogP contribution in [0.15, 0.2) is 35.3 Å². The zero-order valence-corrected chi connectivity index (χ0v) is 20.4. The molecule has 2 aliphatic rings. The smallest absolute Gasteiger partial charge is 0.191 e. The minimum Gasteiger partial charge on any atom is -0.379 e. The van der Waals surface area contributed by atoms with Gasteiger partial charge >= 0.3 is 0 Å². The van der Waals surface area contributed by atoms with Crippen molar-refractivity contribution >= 4 is 29.9 Å². The summed E-state index contributed by atoms with van der Waals surface area (Å²) in [6, 6.07) is 10.6. The molecular weight excluding hydrogens is 479 g/mol. The third-order valence-corrected chi connectivity index (χ3v) is 5.88. The second kappa shape index (κ2) is 12.1. The summed E-state index contributed by atoms with van der Waals surface area (Å²) in [7, 11) is 1.84. The van der Waals surface area contributed by atoms with Crippen molar-refractivity contribution in [2.45, 2.75) is 38.3 Å². The zero-order valence-electron chi connectivity index (χ0n) is 18.0. The van der Waals surface area contributed by atoms with Crippen LogP contribution in [0, 0.1) is 5.92 Å². The van der Waals surface area contributed by atoms with Crippen LogP contribution in [-0.4, -0.2) is 69.4 Å². The summed E-state index contributed by atoms with van der Waals surface area (Å²) < 4.78 is 11.6. The Bertz CT molecular complexity index is 620. The van der Waals surface area contributed by atoms with E-state index in [1.54, 1.807) is 0 Å². The molecule has 0 saturated carbocycles. The van der Waals surface area contributed by atoms with Gasteiger partial charge in [-0.1, -0.05) is 30.3 Å². The van der Waals surface area contributed by atoms with Crippen LogP contribution in [0.5, 0.6) is 0 Å². The molecule has 0 aromatic heterocycles. The van der Waals surface area contributed by atoms with E-state index in [9.17, 15) is 0 Å². The number of nitrogens with zero attached hydrogens (tertiary/aromatic N) is 2. The number of ether oxygens (including phenoxy) is 2. The van der Waals surface area contributed by atoms with Gasteiger partial charge in [-0.3, -0.25) is 9.89 Å². The van der Waals surface area contributed by atoms with Gasteiger partial charge in [0, 0.05) is 51.3 Å². The first-order valence-corrected chi connectivity index (χ1v) is 10.5. The molecule has 2 saturated heterocycles. The summed E-state index contributed by atoms with van der Waals surface area (Å²) in [6.45, 7) is 10.7. The third kappa shape index (κ3) is 7.08. The summed E-state index contributed by atoms with van der Waals surface area (Å²) in [5.41, 5.74) is 1.33. The van der Waals surface area contributed by atoms with Gasteiger partial charge in [0.2, 0.25) is 0 Å². The van der Waals surface area contributed by atoms with Crippen molar-refractivity contribution in [2.24, 2.45) is 10.9 Å². The quantitative estimate of drug-likeness (QED) is 0.346. The van der Waals surface area contributed by atoms with E-state index in [4.69, 9.17) is 9.47 Å². The average molecular weight is 516 g/mol. The van der Waals surface area contributed by atoms with Gasteiger partial charge in [-0.25, -0.2) is 0 Å². The number of rotatable bonds is 6. The van der Waals surface area contributed by atoms with Crippen molar-refractivity contribution in [1.29, 1.82) is 0 Å². The normalized spacial score (nSPS) is 23.9. The van der Waals surface area contributed by atoms with E-state index in [2.05, 4.69) is 64.7 Å². The maximum atomic E-state index is 6.12. The lowest BCUT2D eigenvalue weighted by molar-refractivity contribution is -0.0266. The predicted octanol–water partition coefficient (Wildman–Crippen LogP) is 3.05. The van der Waals surface area contributed by atoms with Crippen molar-refractivity contribution in [3.63, 3.8) is 0 Å². The number of aliphatic imine (C=N–C) groups is 1. The maximum absolute atomic E-state index is 6.12. The molecule has 6 nitrogen and oxygen atoms in total. The summed E-state index contributed by atoms with van der Waals surface area (Å²) in [5, 5.41) is 7.05. The number of hydrogen-bond acceptors (Lipinski definition) is 4. The van der Waals surface area contributed by atoms with Crippen LogP contribution < -0.4 is 10.6 Å². The topological polar surface area (TPSA) is 58.1 Å². The molecule has 7 heteroatoms. The standard InChI is InChI=1S/C22H36N4O2.HI/c1-22(2,26-11-14-27-15-12-26)17-25-21(23-3)24-16-19-10-7-13-28-20(19)18-8-5-4-6-9-18;/h4-6,8-9,19-20H,7,10-17H2,1-3H3,(H2,23,24,25);1H. The van der Waals surface area contributed by atoms with Crippen LogP contribution in [0.1, 0.15) is 38.4 Å². The average Bonchev–Trinajstić information content (AvgIpc) is 2.75. The first kappa shape index (κ1) is 24.4. The van der Waals surface area contributed by atoms with E-state index in [1.165, 1.54) is 12.0 Å². The molecule has 2 heterocycles. The number of morpholine rings is 1.